The van der Waals surface area contributed by atoms with Crippen LogP contribution in [0.2, 0.25) is 5.02 Å². The number of benzene rings is 3. The molecular weight excluding hydrogens is 391 g/mol. The van der Waals surface area contributed by atoms with E-state index in [0.29, 0.717) is 16.5 Å². The van der Waals surface area contributed by atoms with Crippen molar-refractivity contribution in [2.45, 2.75) is 5.88 Å². The fourth-order valence-corrected chi connectivity index (χ4v) is 3.25. The maximum absolute atomic E-state index is 12.6. The highest BCUT2D eigenvalue weighted by Crippen LogP contribution is 2.23. The van der Waals surface area contributed by atoms with Gasteiger partial charge in [0.2, 0.25) is 0 Å². The Morgan fingerprint density at radius 2 is 1.54 bits per heavy atom. The van der Waals surface area contributed by atoms with Crippen molar-refractivity contribution >= 4 is 45.7 Å². The number of halogens is 2. The van der Waals surface area contributed by atoms with E-state index in [1.54, 1.807) is 0 Å². The molecule has 5 heteroatoms. The molecule has 0 aliphatic heterocycles. The Labute approximate surface area is 172 Å². The smallest absolute Gasteiger partial charge is 0.255 e. The molecule has 0 aliphatic carbocycles. The second-order valence-corrected chi connectivity index (χ2v) is 7.09. The fourth-order valence-electron chi connectivity index (χ4n) is 2.98. The quantitative estimate of drug-likeness (QED) is 0.390. The zero-order valence-corrected chi connectivity index (χ0v) is 16.3. The topological polar surface area (TPSA) is 42.0 Å². The first-order chi connectivity index (χ1) is 13.6. The van der Waals surface area contributed by atoms with Gasteiger partial charge in [0.15, 0.2) is 0 Å². The number of anilines is 1. The minimum absolute atomic E-state index is 0.160. The molecule has 0 radical (unpaired) electrons. The van der Waals surface area contributed by atoms with Crippen molar-refractivity contribution in [1.29, 1.82) is 0 Å². The van der Waals surface area contributed by atoms with Crippen LogP contribution in [0.15, 0.2) is 78.9 Å². The number of aromatic nitrogens is 1. The molecule has 1 amide bonds. The lowest BCUT2D eigenvalue weighted by molar-refractivity contribution is 0.102. The van der Waals surface area contributed by atoms with E-state index >= 15 is 0 Å². The van der Waals surface area contributed by atoms with Crippen molar-refractivity contribution < 1.29 is 4.79 Å². The van der Waals surface area contributed by atoms with Gasteiger partial charge in [-0.1, -0.05) is 41.9 Å². The Bertz CT molecular complexity index is 1140. The average molecular weight is 407 g/mol. The van der Waals surface area contributed by atoms with Gasteiger partial charge in [0.05, 0.1) is 17.1 Å². The Balaban J connectivity index is 1.51. The van der Waals surface area contributed by atoms with Gasteiger partial charge in [-0.2, -0.15) is 0 Å². The molecule has 1 aromatic heterocycles. The van der Waals surface area contributed by atoms with Crippen LogP contribution in [0.25, 0.3) is 22.0 Å². The van der Waals surface area contributed by atoms with Crippen LogP contribution in [0.3, 0.4) is 0 Å². The minimum atomic E-state index is -0.160. The number of nitrogens with zero attached hydrogens (tertiary/aromatic N) is 1. The van der Waals surface area contributed by atoms with Gasteiger partial charge >= 0.3 is 0 Å². The van der Waals surface area contributed by atoms with Crippen molar-refractivity contribution in [2.75, 3.05) is 5.32 Å². The minimum Gasteiger partial charge on any atom is -0.322 e. The van der Waals surface area contributed by atoms with Crippen molar-refractivity contribution in [3.8, 4) is 11.1 Å². The third-order valence-electron chi connectivity index (χ3n) is 4.47. The summed E-state index contributed by atoms with van der Waals surface area (Å²) in [6, 6.07) is 24.6. The molecule has 3 nitrogen and oxygen atoms in total. The predicted molar refractivity (Wildman–Crippen MR) is 116 cm³/mol. The van der Waals surface area contributed by atoms with Gasteiger partial charge in [-0.3, -0.25) is 9.78 Å². The molecule has 0 saturated carbocycles. The lowest BCUT2D eigenvalue weighted by atomic mass is 10.0. The molecule has 3 aromatic carbocycles. The molecule has 1 heterocycles. The maximum atomic E-state index is 12.6. The zero-order valence-electron chi connectivity index (χ0n) is 14.8. The molecule has 0 bridgehead atoms. The van der Waals surface area contributed by atoms with Crippen LogP contribution in [0.1, 0.15) is 16.1 Å². The van der Waals surface area contributed by atoms with E-state index < -0.39 is 0 Å². The maximum Gasteiger partial charge on any atom is 0.255 e. The Morgan fingerprint density at radius 1 is 0.857 bits per heavy atom. The van der Waals surface area contributed by atoms with E-state index in [1.807, 2.05) is 78.9 Å². The Hall–Kier alpha value is -2.88. The summed E-state index contributed by atoms with van der Waals surface area (Å²) in [6.07, 6.45) is 0. The van der Waals surface area contributed by atoms with E-state index in [0.717, 1.165) is 33.4 Å². The van der Waals surface area contributed by atoms with Crippen LogP contribution in [0.5, 0.6) is 0 Å². The number of hydrogen-bond donors (Lipinski definition) is 1. The Kier molecular flexibility index (Phi) is 5.29. The number of pyridine rings is 1. The van der Waals surface area contributed by atoms with Gasteiger partial charge in [0.25, 0.3) is 5.91 Å². The number of amides is 1. The third kappa shape index (κ3) is 4.01. The molecule has 4 aromatic rings. The van der Waals surface area contributed by atoms with Crippen LogP contribution in [-0.2, 0) is 5.88 Å². The number of carbonyl (C=O) groups is 1. The predicted octanol–water partition coefficient (Wildman–Crippen LogP) is 6.55. The van der Waals surface area contributed by atoms with Crippen molar-refractivity contribution in [3.05, 3.63) is 95.1 Å². The zero-order chi connectivity index (χ0) is 19.5. The molecule has 0 unspecified atom stereocenters. The summed E-state index contributed by atoms with van der Waals surface area (Å²) in [7, 11) is 0. The molecule has 0 aliphatic rings. The summed E-state index contributed by atoms with van der Waals surface area (Å²) in [4.78, 5) is 17.0. The van der Waals surface area contributed by atoms with Crippen LogP contribution < -0.4 is 5.32 Å². The third-order valence-corrected chi connectivity index (χ3v) is 4.99. The second kappa shape index (κ2) is 8.01. The monoisotopic (exact) mass is 406 g/mol. The van der Waals surface area contributed by atoms with Crippen molar-refractivity contribution in [2.24, 2.45) is 0 Å². The number of alkyl halides is 1. The summed E-state index contributed by atoms with van der Waals surface area (Å²) < 4.78 is 0. The van der Waals surface area contributed by atoms with Gasteiger partial charge in [0.1, 0.15) is 0 Å². The molecule has 28 heavy (non-hydrogen) atoms. The largest absolute Gasteiger partial charge is 0.322 e. The summed E-state index contributed by atoms with van der Waals surface area (Å²) in [5.41, 5.74) is 5.07. The molecule has 1 N–H and O–H groups in total. The number of hydrogen-bond acceptors (Lipinski definition) is 2. The van der Waals surface area contributed by atoms with E-state index in [2.05, 4.69) is 10.3 Å². The first-order valence-corrected chi connectivity index (χ1v) is 9.67. The normalized spacial score (nSPS) is 10.8. The van der Waals surface area contributed by atoms with E-state index in [-0.39, 0.29) is 5.91 Å². The highest BCUT2D eigenvalue weighted by molar-refractivity contribution is 6.30. The summed E-state index contributed by atoms with van der Waals surface area (Å²) in [5, 5.41) is 4.58. The number of carbonyl (C=O) groups excluding carboxylic acids is 1. The number of rotatable bonds is 4. The first kappa shape index (κ1) is 18.5. The van der Waals surface area contributed by atoms with Crippen LogP contribution in [0, 0.1) is 0 Å². The molecule has 0 spiro atoms. The van der Waals surface area contributed by atoms with E-state index in [9.17, 15) is 4.79 Å². The highest BCUT2D eigenvalue weighted by atomic mass is 35.5. The van der Waals surface area contributed by atoms with Gasteiger partial charge in [-0.05, 0) is 59.7 Å². The standard InChI is InChI=1S/C23H16Cl2N2O/c24-14-21-10-7-18-13-20(11-12-22(18)26-21)27-23(28)17-3-1-15(2-4-17)16-5-8-19(25)9-6-16/h1-13H,14H2,(H,27,28). The lowest BCUT2D eigenvalue weighted by Crippen LogP contribution is -2.11. The summed E-state index contributed by atoms with van der Waals surface area (Å²) in [5.74, 6) is 0.216. The summed E-state index contributed by atoms with van der Waals surface area (Å²) in [6.45, 7) is 0. The van der Waals surface area contributed by atoms with Crippen LogP contribution in [-0.4, -0.2) is 10.9 Å². The van der Waals surface area contributed by atoms with E-state index in [4.69, 9.17) is 23.2 Å². The van der Waals surface area contributed by atoms with Crippen molar-refractivity contribution in [3.63, 3.8) is 0 Å². The molecule has 0 fully saturated rings. The first-order valence-electron chi connectivity index (χ1n) is 8.75. The average Bonchev–Trinajstić information content (AvgIpc) is 2.74. The molecule has 0 saturated heterocycles. The molecule has 4 rings (SSSR count). The van der Waals surface area contributed by atoms with Gasteiger partial charge in [0, 0.05) is 21.7 Å². The molecule has 0 atom stereocenters. The number of nitrogens with one attached hydrogen (secondary N) is 1. The lowest BCUT2D eigenvalue weighted by Gasteiger charge is -2.08. The molecular formula is C23H16Cl2N2O. The van der Waals surface area contributed by atoms with Crippen LogP contribution >= 0.6 is 23.2 Å². The van der Waals surface area contributed by atoms with Crippen molar-refractivity contribution in [1.82, 2.24) is 4.98 Å². The Morgan fingerprint density at radius 3 is 2.21 bits per heavy atom. The van der Waals surface area contributed by atoms with E-state index in [1.165, 1.54) is 0 Å². The fraction of sp³-hybridized carbons (Fsp3) is 0.0435. The highest BCUT2D eigenvalue weighted by Gasteiger charge is 2.08. The number of fused-ring (bicyclic) bond motifs is 1. The van der Waals surface area contributed by atoms with Gasteiger partial charge in [-0.25, -0.2) is 0 Å². The SMILES string of the molecule is O=C(Nc1ccc2nc(CCl)ccc2c1)c1ccc(-c2ccc(Cl)cc2)cc1. The van der Waals surface area contributed by atoms with Gasteiger partial charge in [-0.15, -0.1) is 11.6 Å². The molecule has 138 valence electrons. The summed E-state index contributed by atoms with van der Waals surface area (Å²) >= 11 is 11.8. The second-order valence-electron chi connectivity index (χ2n) is 6.38. The van der Waals surface area contributed by atoms with Gasteiger partial charge < -0.3 is 5.32 Å². The van der Waals surface area contributed by atoms with Crippen LogP contribution in [0.4, 0.5) is 5.69 Å².